The summed E-state index contributed by atoms with van der Waals surface area (Å²) in [6.07, 6.45) is 17.1. The first-order chi connectivity index (χ1) is 17.6. The molecule has 190 valence electrons. The number of fused-ring (bicyclic) bond motifs is 4. The van der Waals surface area contributed by atoms with E-state index in [-0.39, 0.29) is 12.0 Å². The fraction of sp³-hybridized carbons (Fsp3) is 0.500. The Hall–Kier alpha value is -2.50. The Kier molecular flexibility index (Phi) is 6.70. The third kappa shape index (κ3) is 4.88. The fourth-order valence-corrected chi connectivity index (χ4v) is 6.53. The van der Waals surface area contributed by atoms with E-state index in [2.05, 4.69) is 22.1 Å². The molecule has 0 spiro atoms. The summed E-state index contributed by atoms with van der Waals surface area (Å²) in [5, 5.41) is 0.741. The zero-order chi connectivity index (χ0) is 24.6. The van der Waals surface area contributed by atoms with Crippen LogP contribution in [0.5, 0.6) is 5.75 Å². The van der Waals surface area contributed by atoms with E-state index in [9.17, 15) is 4.79 Å². The lowest BCUT2D eigenvalue weighted by Crippen LogP contribution is -2.47. The van der Waals surface area contributed by atoms with Crippen molar-refractivity contribution in [2.24, 2.45) is 5.92 Å². The number of carbonyl (C=O) groups excluding carboxylic acids is 1. The third-order valence-corrected chi connectivity index (χ3v) is 8.62. The molecule has 0 N–H and O–H groups in total. The minimum absolute atomic E-state index is 0.227. The molecule has 0 radical (unpaired) electrons. The summed E-state index contributed by atoms with van der Waals surface area (Å²) in [7, 11) is 1.73. The van der Waals surface area contributed by atoms with Gasteiger partial charge in [-0.15, -0.1) is 0 Å². The molecule has 1 aromatic carbocycles. The minimum Gasteiger partial charge on any atom is -0.495 e. The SMILES string of the molecule is COC1=C2CC(=CC=C1)C(C(=O)C1CC1)=CN2CCCN1C2CCC1CC(Oc1ccc(Cl)cc1)C2. The van der Waals surface area contributed by atoms with Crippen LogP contribution in [0.1, 0.15) is 51.4 Å². The zero-order valence-corrected chi connectivity index (χ0v) is 21.8. The van der Waals surface area contributed by atoms with E-state index in [0.29, 0.717) is 17.9 Å². The molecule has 2 atom stereocenters. The molecular weight excluding hydrogens is 472 g/mol. The third-order valence-electron chi connectivity index (χ3n) is 8.37. The smallest absolute Gasteiger partial charge is 0.167 e. The van der Waals surface area contributed by atoms with Crippen molar-refractivity contribution in [3.05, 3.63) is 76.3 Å². The van der Waals surface area contributed by atoms with Crippen LogP contribution in [0.15, 0.2) is 71.3 Å². The average Bonchev–Trinajstić information content (AvgIpc) is 3.71. The number of hydrogen-bond donors (Lipinski definition) is 0. The largest absolute Gasteiger partial charge is 0.495 e. The molecule has 36 heavy (non-hydrogen) atoms. The van der Waals surface area contributed by atoms with Gasteiger partial charge in [-0.25, -0.2) is 0 Å². The van der Waals surface area contributed by atoms with E-state index in [0.717, 1.165) is 79.3 Å². The van der Waals surface area contributed by atoms with Crippen molar-refractivity contribution < 1.29 is 14.3 Å². The molecule has 3 fully saturated rings. The molecule has 1 saturated carbocycles. The molecule has 0 amide bonds. The Morgan fingerprint density at radius 3 is 2.50 bits per heavy atom. The zero-order valence-electron chi connectivity index (χ0n) is 21.0. The molecule has 2 aliphatic carbocycles. The molecule has 6 rings (SSSR count). The van der Waals surface area contributed by atoms with Crippen LogP contribution in [0, 0.1) is 5.92 Å². The van der Waals surface area contributed by atoms with Gasteiger partial charge in [-0.3, -0.25) is 9.69 Å². The highest BCUT2D eigenvalue weighted by Gasteiger charge is 2.41. The molecular formula is C30H35ClN2O3. The maximum atomic E-state index is 13.0. The first-order valence-electron chi connectivity index (χ1n) is 13.4. The van der Waals surface area contributed by atoms with Crippen molar-refractivity contribution >= 4 is 17.4 Å². The molecule has 1 aromatic rings. The van der Waals surface area contributed by atoms with Gasteiger partial charge in [0.05, 0.1) is 12.8 Å². The summed E-state index contributed by atoms with van der Waals surface area (Å²) in [6, 6.07) is 8.91. The van der Waals surface area contributed by atoms with Gasteiger partial charge >= 0.3 is 0 Å². The summed E-state index contributed by atoms with van der Waals surface area (Å²) in [5.74, 6) is 2.36. The first kappa shape index (κ1) is 23.9. The number of carbonyl (C=O) groups is 1. The lowest BCUT2D eigenvalue weighted by Gasteiger charge is -2.39. The van der Waals surface area contributed by atoms with Gasteiger partial charge in [0, 0.05) is 54.3 Å². The normalized spacial score (nSPS) is 27.5. The lowest BCUT2D eigenvalue weighted by molar-refractivity contribution is -0.116. The Morgan fingerprint density at radius 1 is 1.06 bits per heavy atom. The van der Waals surface area contributed by atoms with Gasteiger partial charge in [0.25, 0.3) is 0 Å². The number of hydrogen-bond acceptors (Lipinski definition) is 5. The van der Waals surface area contributed by atoms with Gasteiger partial charge in [0.1, 0.15) is 17.6 Å². The van der Waals surface area contributed by atoms with Crippen LogP contribution in [0.4, 0.5) is 0 Å². The highest BCUT2D eigenvalue weighted by Crippen LogP contribution is 2.41. The number of piperidine rings is 1. The molecule has 4 bridgehead atoms. The van der Waals surface area contributed by atoms with Crippen molar-refractivity contribution in [3.8, 4) is 5.75 Å². The second-order valence-corrected chi connectivity index (χ2v) is 11.2. The van der Waals surface area contributed by atoms with E-state index in [1.54, 1.807) is 7.11 Å². The maximum absolute atomic E-state index is 13.0. The molecule has 2 saturated heterocycles. The van der Waals surface area contributed by atoms with Gasteiger partial charge in [0.15, 0.2) is 5.78 Å². The lowest BCUT2D eigenvalue weighted by atomic mass is 9.92. The van der Waals surface area contributed by atoms with Crippen molar-refractivity contribution in [2.75, 3.05) is 20.2 Å². The van der Waals surface area contributed by atoms with Crippen molar-refractivity contribution in [3.63, 3.8) is 0 Å². The molecule has 6 heteroatoms. The van der Waals surface area contributed by atoms with Gasteiger partial charge in [-0.05, 0) is 80.9 Å². The summed E-state index contributed by atoms with van der Waals surface area (Å²) in [6.45, 7) is 1.97. The number of nitrogens with zero attached hydrogens (tertiary/aromatic N) is 2. The van der Waals surface area contributed by atoms with E-state index >= 15 is 0 Å². The molecule has 3 aliphatic heterocycles. The highest BCUT2D eigenvalue weighted by atomic mass is 35.5. The summed E-state index contributed by atoms with van der Waals surface area (Å²) in [5.41, 5.74) is 3.20. The van der Waals surface area contributed by atoms with Gasteiger partial charge in [0.2, 0.25) is 0 Å². The Labute approximate surface area is 219 Å². The van der Waals surface area contributed by atoms with Crippen LogP contribution >= 0.6 is 11.6 Å². The monoisotopic (exact) mass is 506 g/mol. The van der Waals surface area contributed by atoms with Crippen molar-refractivity contribution in [1.82, 2.24) is 9.80 Å². The van der Waals surface area contributed by atoms with Crippen LogP contribution < -0.4 is 4.74 Å². The van der Waals surface area contributed by atoms with E-state index < -0.39 is 0 Å². The summed E-state index contributed by atoms with van der Waals surface area (Å²) < 4.78 is 12.0. The van der Waals surface area contributed by atoms with Gasteiger partial charge in [-0.1, -0.05) is 23.8 Å². The molecule has 5 aliphatic rings. The number of halogens is 1. The van der Waals surface area contributed by atoms with Crippen LogP contribution in [0.25, 0.3) is 0 Å². The van der Waals surface area contributed by atoms with Crippen LogP contribution in [-0.2, 0) is 9.53 Å². The minimum atomic E-state index is 0.227. The topological polar surface area (TPSA) is 42.0 Å². The van der Waals surface area contributed by atoms with E-state index in [1.165, 1.54) is 18.5 Å². The van der Waals surface area contributed by atoms with Crippen molar-refractivity contribution in [1.29, 1.82) is 0 Å². The standard InChI is InChI=1S/C30H35ClN2O3/c1-35-29-5-2-4-21-16-28(29)32(19-27(21)30(34)20-6-7-20)14-3-15-33-23-10-11-24(33)18-26(17-23)36-25-12-8-22(31)9-13-25/h2,4-5,8-9,12-13,19-20,23-24,26H,3,6-7,10-11,14-18H2,1H3. The second-order valence-electron chi connectivity index (χ2n) is 10.8. The quantitative estimate of drug-likeness (QED) is 0.409. The molecule has 2 unspecified atom stereocenters. The number of methoxy groups -OCH3 is 1. The predicted molar refractivity (Wildman–Crippen MR) is 142 cm³/mol. The maximum Gasteiger partial charge on any atom is 0.167 e. The average molecular weight is 507 g/mol. The Balaban J connectivity index is 1.10. The van der Waals surface area contributed by atoms with Crippen molar-refractivity contribution in [2.45, 2.75) is 69.6 Å². The number of rotatable bonds is 9. The van der Waals surface area contributed by atoms with Gasteiger partial charge < -0.3 is 14.4 Å². The second kappa shape index (κ2) is 10.1. The van der Waals surface area contributed by atoms with Crippen LogP contribution in [0.3, 0.4) is 0 Å². The predicted octanol–water partition coefficient (Wildman–Crippen LogP) is 6.03. The number of allylic oxidation sites excluding steroid dienone is 5. The number of benzene rings is 1. The van der Waals surface area contributed by atoms with Crippen LogP contribution in [0.2, 0.25) is 5.02 Å². The van der Waals surface area contributed by atoms with E-state index in [1.807, 2.05) is 36.4 Å². The Bertz CT molecular complexity index is 1120. The first-order valence-corrected chi connectivity index (χ1v) is 13.8. The fourth-order valence-electron chi connectivity index (χ4n) is 6.41. The summed E-state index contributed by atoms with van der Waals surface area (Å²) >= 11 is 6.03. The summed E-state index contributed by atoms with van der Waals surface area (Å²) in [4.78, 5) is 18.0. The molecule has 5 nitrogen and oxygen atoms in total. The Morgan fingerprint density at radius 2 is 1.81 bits per heavy atom. The molecule has 3 heterocycles. The van der Waals surface area contributed by atoms with Crippen LogP contribution in [-0.4, -0.2) is 54.0 Å². The van der Waals surface area contributed by atoms with Gasteiger partial charge in [-0.2, -0.15) is 0 Å². The number of ether oxygens (including phenoxy) is 2. The van der Waals surface area contributed by atoms with E-state index in [4.69, 9.17) is 21.1 Å². The number of Topliss-reactive ketones (excluding diaryl/α,β-unsaturated/α-hetero) is 1. The highest BCUT2D eigenvalue weighted by molar-refractivity contribution is 6.30. The number of ketones is 1. The molecule has 0 aromatic heterocycles.